The summed E-state index contributed by atoms with van der Waals surface area (Å²) >= 11 is 0. The predicted molar refractivity (Wildman–Crippen MR) is 76.3 cm³/mol. The van der Waals surface area contributed by atoms with Crippen molar-refractivity contribution in [3.05, 3.63) is 36.2 Å². The molecule has 0 amide bonds. The van der Waals surface area contributed by atoms with Gasteiger partial charge >= 0.3 is 0 Å². The molecule has 0 saturated carbocycles. The van der Waals surface area contributed by atoms with Gasteiger partial charge in [-0.2, -0.15) is 4.68 Å². The molecule has 0 saturated heterocycles. The molecule has 0 aliphatic carbocycles. The summed E-state index contributed by atoms with van der Waals surface area (Å²) in [5.41, 5.74) is 4.29. The van der Waals surface area contributed by atoms with E-state index in [1.165, 1.54) is 0 Å². The van der Waals surface area contributed by atoms with E-state index in [1.807, 2.05) is 24.3 Å². The van der Waals surface area contributed by atoms with Gasteiger partial charge in [-0.25, -0.2) is 15.8 Å². The van der Waals surface area contributed by atoms with Gasteiger partial charge in [-0.15, -0.1) is 5.10 Å². The van der Waals surface area contributed by atoms with E-state index in [0.29, 0.717) is 11.6 Å². The van der Waals surface area contributed by atoms with E-state index in [9.17, 15) is 0 Å². The molecule has 0 unspecified atom stereocenters. The van der Waals surface area contributed by atoms with Gasteiger partial charge in [-0.1, -0.05) is 24.3 Å². The SMILES string of the molecule is CCCc1nc(NN)cc(-n2nnc3ccccc32)n1. The maximum absolute atomic E-state index is 5.46. The first kappa shape index (κ1) is 12.5. The monoisotopic (exact) mass is 269 g/mol. The molecule has 3 rings (SSSR count). The average molecular weight is 269 g/mol. The number of aromatic nitrogens is 5. The van der Waals surface area contributed by atoms with Crippen molar-refractivity contribution in [1.82, 2.24) is 25.0 Å². The standard InChI is InChI=1S/C13H15N7/c1-2-5-11-15-12(17-14)8-13(16-11)20-10-7-4-3-6-9(10)18-19-20/h3-4,6-8H,2,5,14H2,1H3,(H,15,16,17). The minimum atomic E-state index is 0.568. The lowest BCUT2D eigenvalue weighted by molar-refractivity contribution is 0.767. The molecule has 0 aliphatic heterocycles. The van der Waals surface area contributed by atoms with E-state index in [0.717, 1.165) is 29.7 Å². The second-order valence-electron chi connectivity index (χ2n) is 4.41. The van der Waals surface area contributed by atoms with E-state index in [1.54, 1.807) is 10.7 Å². The maximum atomic E-state index is 5.46. The zero-order chi connectivity index (χ0) is 13.9. The molecule has 0 bridgehead atoms. The quantitative estimate of drug-likeness (QED) is 0.550. The summed E-state index contributed by atoms with van der Waals surface area (Å²) in [6, 6.07) is 9.48. The van der Waals surface area contributed by atoms with Gasteiger partial charge in [0.1, 0.15) is 17.2 Å². The lowest BCUT2D eigenvalue weighted by atomic mass is 10.3. The fraction of sp³-hybridized carbons (Fsp3) is 0.231. The van der Waals surface area contributed by atoms with Crippen LogP contribution in [0.15, 0.2) is 30.3 Å². The highest BCUT2D eigenvalue weighted by molar-refractivity contribution is 5.75. The molecule has 102 valence electrons. The Kier molecular flexibility index (Phi) is 3.26. The van der Waals surface area contributed by atoms with Gasteiger partial charge in [0, 0.05) is 12.5 Å². The Morgan fingerprint density at radius 2 is 2.10 bits per heavy atom. The highest BCUT2D eigenvalue weighted by Crippen LogP contribution is 2.16. The van der Waals surface area contributed by atoms with Crippen LogP contribution in [0.2, 0.25) is 0 Å². The zero-order valence-electron chi connectivity index (χ0n) is 11.1. The molecule has 0 atom stereocenters. The van der Waals surface area contributed by atoms with Crippen molar-refractivity contribution in [3.8, 4) is 5.82 Å². The third kappa shape index (κ3) is 2.19. The third-order valence-corrected chi connectivity index (χ3v) is 2.95. The Balaban J connectivity index is 2.15. The fourth-order valence-corrected chi connectivity index (χ4v) is 2.04. The Labute approximate surface area is 115 Å². The molecule has 0 aliphatic rings. The van der Waals surface area contributed by atoms with Crippen LogP contribution in [0, 0.1) is 0 Å². The van der Waals surface area contributed by atoms with Crippen molar-refractivity contribution in [2.75, 3.05) is 5.43 Å². The van der Waals surface area contributed by atoms with E-state index < -0.39 is 0 Å². The topological polar surface area (TPSA) is 94.5 Å². The number of hydrazine groups is 1. The molecule has 20 heavy (non-hydrogen) atoms. The first-order valence-electron chi connectivity index (χ1n) is 6.47. The van der Waals surface area contributed by atoms with Crippen LogP contribution in [0.4, 0.5) is 5.82 Å². The second-order valence-corrected chi connectivity index (χ2v) is 4.41. The average Bonchev–Trinajstić information content (AvgIpc) is 2.91. The predicted octanol–water partition coefficient (Wildman–Crippen LogP) is 1.45. The molecular formula is C13H15N7. The van der Waals surface area contributed by atoms with Gasteiger partial charge < -0.3 is 5.43 Å². The molecule has 1 aromatic carbocycles. The van der Waals surface area contributed by atoms with Crippen LogP contribution in [0.25, 0.3) is 16.9 Å². The zero-order valence-corrected chi connectivity index (χ0v) is 11.1. The number of anilines is 1. The van der Waals surface area contributed by atoms with Crippen LogP contribution in [0.5, 0.6) is 0 Å². The van der Waals surface area contributed by atoms with Crippen molar-refractivity contribution in [1.29, 1.82) is 0 Å². The summed E-state index contributed by atoms with van der Waals surface area (Å²) in [7, 11) is 0. The lowest BCUT2D eigenvalue weighted by Crippen LogP contribution is -2.12. The number of nitrogens with two attached hydrogens (primary N) is 1. The van der Waals surface area contributed by atoms with Gasteiger partial charge in [0.25, 0.3) is 0 Å². The highest BCUT2D eigenvalue weighted by Gasteiger charge is 2.10. The van der Waals surface area contributed by atoms with E-state index in [-0.39, 0.29) is 0 Å². The first-order chi connectivity index (χ1) is 9.81. The number of hydrogen-bond acceptors (Lipinski definition) is 6. The van der Waals surface area contributed by atoms with Gasteiger partial charge in [0.05, 0.1) is 5.52 Å². The molecule has 2 heterocycles. The van der Waals surface area contributed by atoms with Crippen molar-refractivity contribution < 1.29 is 0 Å². The summed E-state index contributed by atoms with van der Waals surface area (Å²) in [5.74, 6) is 7.42. The smallest absolute Gasteiger partial charge is 0.161 e. The number of fused-ring (bicyclic) bond motifs is 1. The normalized spacial score (nSPS) is 10.9. The minimum Gasteiger partial charge on any atom is -0.308 e. The van der Waals surface area contributed by atoms with Crippen LogP contribution >= 0.6 is 0 Å². The summed E-state index contributed by atoms with van der Waals surface area (Å²) in [6.45, 7) is 2.08. The van der Waals surface area contributed by atoms with Crippen LogP contribution in [0.1, 0.15) is 19.2 Å². The van der Waals surface area contributed by atoms with Crippen LogP contribution in [-0.2, 0) is 6.42 Å². The molecule has 0 radical (unpaired) electrons. The van der Waals surface area contributed by atoms with Gasteiger partial charge in [0.2, 0.25) is 0 Å². The van der Waals surface area contributed by atoms with Crippen molar-refractivity contribution in [2.45, 2.75) is 19.8 Å². The molecule has 2 aromatic heterocycles. The Hall–Kier alpha value is -2.54. The summed E-state index contributed by atoms with van der Waals surface area (Å²) < 4.78 is 1.69. The van der Waals surface area contributed by atoms with Crippen LogP contribution < -0.4 is 11.3 Å². The molecule has 7 nitrogen and oxygen atoms in total. The molecular weight excluding hydrogens is 254 g/mol. The number of hydrogen-bond donors (Lipinski definition) is 2. The number of nitrogens with zero attached hydrogens (tertiary/aromatic N) is 5. The number of aryl methyl sites for hydroxylation is 1. The molecule has 0 fully saturated rings. The van der Waals surface area contributed by atoms with Gasteiger partial charge in [-0.3, -0.25) is 0 Å². The fourth-order valence-electron chi connectivity index (χ4n) is 2.04. The number of rotatable bonds is 4. The first-order valence-corrected chi connectivity index (χ1v) is 6.47. The van der Waals surface area contributed by atoms with E-state index in [4.69, 9.17) is 5.84 Å². The molecule has 7 heteroatoms. The molecule has 3 N–H and O–H groups in total. The number of nitrogen functional groups attached to an aromatic ring is 1. The van der Waals surface area contributed by atoms with Crippen LogP contribution in [0.3, 0.4) is 0 Å². The summed E-state index contributed by atoms with van der Waals surface area (Å²) in [6.07, 6.45) is 1.75. The second kappa shape index (κ2) is 5.22. The largest absolute Gasteiger partial charge is 0.308 e. The van der Waals surface area contributed by atoms with Gasteiger partial charge in [-0.05, 0) is 18.6 Å². The third-order valence-electron chi connectivity index (χ3n) is 2.95. The Morgan fingerprint density at radius 3 is 2.90 bits per heavy atom. The number of para-hydroxylation sites is 1. The molecule has 3 aromatic rings. The summed E-state index contributed by atoms with van der Waals surface area (Å²) in [4.78, 5) is 8.84. The Bertz CT molecular complexity index is 734. The maximum Gasteiger partial charge on any atom is 0.161 e. The van der Waals surface area contributed by atoms with Crippen LogP contribution in [-0.4, -0.2) is 25.0 Å². The van der Waals surface area contributed by atoms with Crippen molar-refractivity contribution >= 4 is 16.9 Å². The molecule has 0 spiro atoms. The van der Waals surface area contributed by atoms with Gasteiger partial charge in [0.15, 0.2) is 5.82 Å². The lowest BCUT2D eigenvalue weighted by Gasteiger charge is -2.07. The summed E-state index contributed by atoms with van der Waals surface area (Å²) in [5, 5.41) is 8.28. The Morgan fingerprint density at radius 1 is 1.25 bits per heavy atom. The van der Waals surface area contributed by atoms with E-state index in [2.05, 4.69) is 32.6 Å². The van der Waals surface area contributed by atoms with Crippen molar-refractivity contribution in [3.63, 3.8) is 0 Å². The highest BCUT2D eigenvalue weighted by atomic mass is 15.4. The van der Waals surface area contributed by atoms with E-state index >= 15 is 0 Å². The number of nitrogens with one attached hydrogen (secondary N) is 1. The minimum absolute atomic E-state index is 0.568. The van der Waals surface area contributed by atoms with Crippen molar-refractivity contribution in [2.24, 2.45) is 5.84 Å². The number of benzene rings is 1.